The highest BCUT2D eigenvalue weighted by atomic mass is 16.1. The lowest BCUT2D eigenvalue weighted by Crippen LogP contribution is -2.25. The topological polar surface area (TPSA) is 32.3 Å². The number of nitrogens with zero attached hydrogens (tertiary/aromatic N) is 1. The number of carbonyl (C=O) groups is 1. The van der Waals surface area contributed by atoms with E-state index in [1.165, 1.54) is 30.4 Å². The second-order valence-corrected chi connectivity index (χ2v) is 5.96. The van der Waals surface area contributed by atoms with Crippen LogP contribution in [0.25, 0.3) is 0 Å². The van der Waals surface area contributed by atoms with E-state index in [4.69, 9.17) is 0 Å². The third-order valence-corrected chi connectivity index (χ3v) is 3.93. The number of unbranched alkanes of at least 4 members (excludes halogenated alkanes) is 1. The molecule has 2 rings (SSSR count). The minimum Gasteiger partial charge on any atom is -0.352 e. The molecule has 20 heavy (non-hydrogen) atoms. The van der Waals surface area contributed by atoms with E-state index in [1.807, 2.05) is 6.07 Å². The zero-order valence-electron chi connectivity index (χ0n) is 12.7. The Morgan fingerprint density at radius 2 is 1.90 bits per heavy atom. The molecule has 0 aromatic heterocycles. The fourth-order valence-corrected chi connectivity index (χ4v) is 2.73. The first-order valence-corrected chi connectivity index (χ1v) is 7.71. The molecule has 110 valence electrons. The molecule has 1 aliphatic carbocycles. The van der Waals surface area contributed by atoms with Crippen molar-refractivity contribution in [3.8, 4) is 0 Å². The van der Waals surface area contributed by atoms with Gasteiger partial charge in [0.1, 0.15) is 0 Å². The van der Waals surface area contributed by atoms with Gasteiger partial charge in [0.05, 0.1) is 0 Å². The highest BCUT2D eigenvalue weighted by molar-refractivity contribution is 5.94. The van der Waals surface area contributed by atoms with E-state index in [0.29, 0.717) is 0 Å². The maximum atomic E-state index is 12.1. The van der Waals surface area contributed by atoms with Crippen LogP contribution in [0.15, 0.2) is 18.2 Å². The van der Waals surface area contributed by atoms with E-state index < -0.39 is 0 Å². The fourth-order valence-electron chi connectivity index (χ4n) is 2.73. The number of benzene rings is 1. The molecule has 3 nitrogen and oxygen atoms in total. The molecule has 0 fully saturated rings. The van der Waals surface area contributed by atoms with Gasteiger partial charge in [0.15, 0.2) is 0 Å². The van der Waals surface area contributed by atoms with E-state index in [2.05, 4.69) is 36.4 Å². The summed E-state index contributed by atoms with van der Waals surface area (Å²) in [7, 11) is 4.15. The number of carbonyl (C=O) groups excluding carboxylic acids is 1. The summed E-state index contributed by atoms with van der Waals surface area (Å²) in [5, 5.41) is 3.02. The van der Waals surface area contributed by atoms with E-state index in [-0.39, 0.29) is 5.91 Å². The van der Waals surface area contributed by atoms with Crippen LogP contribution in [0.4, 0.5) is 0 Å². The first-order valence-electron chi connectivity index (χ1n) is 7.71. The van der Waals surface area contributed by atoms with Gasteiger partial charge >= 0.3 is 0 Å². The second-order valence-electron chi connectivity index (χ2n) is 5.96. The van der Waals surface area contributed by atoms with Gasteiger partial charge in [-0.15, -0.1) is 0 Å². The average Bonchev–Trinajstić information content (AvgIpc) is 2.46. The highest BCUT2D eigenvalue weighted by Crippen LogP contribution is 2.22. The molecule has 0 aliphatic heterocycles. The zero-order valence-corrected chi connectivity index (χ0v) is 12.7. The Kier molecular flexibility index (Phi) is 5.60. The van der Waals surface area contributed by atoms with Crippen molar-refractivity contribution in [3.05, 3.63) is 34.9 Å². The van der Waals surface area contributed by atoms with Gasteiger partial charge in [0.25, 0.3) is 5.91 Å². The molecule has 0 heterocycles. The summed E-state index contributed by atoms with van der Waals surface area (Å²) in [6.45, 7) is 1.85. The fraction of sp³-hybridized carbons (Fsp3) is 0.588. The van der Waals surface area contributed by atoms with Crippen molar-refractivity contribution in [1.82, 2.24) is 10.2 Å². The average molecular weight is 274 g/mol. The van der Waals surface area contributed by atoms with Crippen molar-refractivity contribution in [3.63, 3.8) is 0 Å². The van der Waals surface area contributed by atoms with E-state index in [0.717, 1.165) is 37.9 Å². The van der Waals surface area contributed by atoms with Crippen LogP contribution in [0.3, 0.4) is 0 Å². The van der Waals surface area contributed by atoms with Crippen LogP contribution in [0.2, 0.25) is 0 Å². The Morgan fingerprint density at radius 1 is 1.15 bits per heavy atom. The van der Waals surface area contributed by atoms with Gasteiger partial charge in [-0.3, -0.25) is 4.79 Å². The molecule has 0 bridgehead atoms. The molecule has 0 unspecified atom stereocenters. The van der Waals surface area contributed by atoms with E-state index in [9.17, 15) is 4.79 Å². The summed E-state index contributed by atoms with van der Waals surface area (Å²) in [6.07, 6.45) is 6.99. The monoisotopic (exact) mass is 274 g/mol. The van der Waals surface area contributed by atoms with Gasteiger partial charge in [0, 0.05) is 12.1 Å². The quantitative estimate of drug-likeness (QED) is 0.809. The number of rotatable bonds is 6. The molecule has 0 spiro atoms. The third-order valence-electron chi connectivity index (χ3n) is 3.93. The molecule has 1 amide bonds. The number of hydrogen-bond acceptors (Lipinski definition) is 2. The summed E-state index contributed by atoms with van der Waals surface area (Å²) in [4.78, 5) is 14.3. The Balaban J connectivity index is 1.80. The normalized spacial score (nSPS) is 14.2. The van der Waals surface area contributed by atoms with Crippen LogP contribution in [-0.4, -0.2) is 38.0 Å². The van der Waals surface area contributed by atoms with E-state index >= 15 is 0 Å². The molecular weight excluding hydrogens is 248 g/mol. The Bertz CT molecular complexity index is 454. The molecule has 3 heteroatoms. The minimum absolute atomic E-state index is 0.0724. The van der Waals surface area contributed by atoms with Gasteiger partial charge in [0.2, 0.25) is 0 Å². The molecule has 0 atom stereocenters. The first kappa shape index (κ1) is 15.0. The Labute approximate surface area is 122 Å². The molecule has 0 saturated heterocycles. The third kappa shape index (κ3) is 4.34. The van der Waals surface area contributed by atoms with Crippen LogP contribution in [0.1, 0.15) is 47.2 Å². The molecule has 0 saturated carbocycles. The Hall–Kier alpha value is -1.35. The number of amides is 1. The smallest absolute Gasteiger partial charge is 0.251 e. The van der Waals surface area contributed by atoms with Crippen LogP contribution < -0.4 is 5.32 Å². The van der Waals surface area contributed by atoms with Crippen molar-refractivity contribution < 1.29 is 4.79 Å². The minimum atomic E-state index is 0.0724. The maximum Gasteiger partial charge on any atom is 0.251 e. The lowest BCUT2D eigenvalue weighted by atomic mass is 9.90. The summed E-state index contributed by atoms with van der Waals surface area (Å²) in [6, 6.07) is 6.19. The lowest BCUT2D eigenvalue weighted by molar-refractivity contribution is 0.0952. The van der Waals surface area contributed by atoms with Crippen LogP contribution >= 0.6 is 0 Å². The SMILES string of the molecule is CN(C)CCCCNC(=O)c1ccc2c(c1)CCCC2. The van der Waals surface area contributed by atoms with Crippen LogP contribution in [0, 0.1) is 0 Å². The predicted octanol–water partition coefficient (Wildman–Crippen LogP) is 2.64. The second kappa shape index (κ2) is 7.44. The van der Waals surface area contributed by atoms with Crippen LogP contribution in [0.5, 0.6) is 0 Å². The molecule has 1 aromatic rings. The Morgan fingerprint density at radius 3 is 2.65 bits per heavy atom. The maximum absolute atomic E-state index is 12.1. The van der Waals surface area contributed by atoms with E-state index in [1.54, 1.807) is 0 Å². The number of aryl methyl sites for hydroxylation is 2. The number of fused-ring (bicyclic) bond motifs is 1. The van der Waals surface area contributed by atoms with Gasteiger partial charge in [-0.25, -0.2) is 0 Å². The molecule has 1 aromatic carbocycles. The molecule has 1 N–H and O–H groups in total. The van der Waals surface area contributed by atoms with Crippen molar-refractivity contribution >= 4 is 5.91 Å². The van der Waals surface area contributed by atoms with Gasteiger partial charge < -0.3 is 10.2 Å². The summed E-state index contributed by atoms with van der Waals surface area (Å²) in [5.41, 5.74) is 3.62. The highest BCUT2D eigenvalue weighted by Gasteiger charge is 2.12. The van der Waals surface area contributed by atoms with Gasteiger partial charge in [-0.2, -0.15) is 0 Å². The number of hydrogen-bond donors (Lipinski definition) is 1. The molecular formula is C17H26N2O. The van der Waals surface area contributed by atoms with Gasteiger partial charge in [-0.1, -0.05) is 6.07 Å². The summed E-state index contributed by atoms with van der Waals surface area (Å²) < 4.78 is 0. The largest absolute Gasteiger partial charge is 0.352 e. The van der Waals surface area contributed by atoms with Crippen molar-refractivity contribution in [2.75, 3.05) is 27.2 Å². The predicted molar refractivity (Wildman–Crippen MR) is 83.2 cm³/mol. The lowest BCUT2D eigenvalue weighted by Gasteiger charge is -2.16. The van der Waals surface area contributed by atoms with Crippen molar-refractivity contribution in [1.29, 1.82) is 0 Å². The summed E-state index contributed by atoms with van der Waals surface area (Å²) in [5.74, 6) is 0.0724. The number of nitrogens with one attached hydrogen (secondary N) is 1. The van der Waals surface area contributed by atoms with Crippen molar-refractivity contribution in [2.24, 2.45) is 0 Å². The zero-order chi connectivity index (χ0) is 14.4. The molecule has 0 radical (unpaired) electrons. The molecule has 1 aliphatic rings. The first-order chi connectivity index (χ1) is 9.66. The summed E-state index contributed by atoms with van der Waals surface area (Å²) >= 11 is 0. The van der Waals surface area contributed by atoms with Crippen LogP contribution in [-0.2, 0) is 12.8 Å². The van der Waals surface area contributed by atoms with Crippen molar-refractivity contribution in [2.45, 2.75) is 38.5 Å². The van der Waals surface area contributed by atoms with Gasteiger partial charge in [-0.05, 0) is 82.4 Å². The standard InChI is InChI=1S/C17H26N2O/c1-19(2)12-6-5-11-18-17(20)16-10-9-14-7-3-4-8-15(14)13-16/h9-10,13H,3-8,11-12H2,1-2H3,(H,18,20).